The monoisotopic (exact) mass is 321 g/mol. The van der Waals surface area contributed by atoms with Gasteiger partial charge in [-0.1, -0.05) is 11.3 Å². The highest BCUT2D eigenvalue weighted by Gasteiger charge is 2.15. The van der Waals surface area contributed by atoms with E-state index < -0.39 is 10.0 Å². The number of nitrogens with zero attached hydrogens (tertiary/aromatic N) is 4. The standard InChI is InChI=1S/C12H11N5O2S2/c18-21(19,12-4-2-6-20-12)14-7-10-9-17(16-15-10)11-3-1-5-13-8-11/h1-6,8-9,14H,7H2. The van der Waals surface area contributed by atoms with Gasteiger partial charge in [0.1, 0.15) is 4.21 Å². The van der Waals surface area contributed by atoms with Crippen LogP contribution in [0.1, 0.15) is 5.69 Å². The molecular weight excluding hydrogens is 310 g/mol. The first-order valence-corrected chi connectivity index (χ1v) is 8.36. The zero-order chi connectivity index (χ0) is 14.7. The second-order valence-corrected chi connectivity index (χ2v) is 7.06. The van der Waals surface area contributed by atoms with Crippen LogP contribution in [0.2, 0.25) is 0 Å². The third kappa shape index (κ3) is 3.15. The molecule has 0 amide bonds. The van der Waals surface area contributed by atoms with Crippen molar-refractivity contribution in [2.24, 2.45) is 0 Å². The van der Waals surface area contributed by atoms with Crippen LogP contribution in [0.3, 0.4) is 0 Å². The average Bonchev–Trinajstić information content (AvgIpc) is 3.18. The van der Waals surface area contributed by atoms with Gasteiger partial charge in [-0.05, 0) is 23.6 Å². The summed E-state index contributed by atoms with van der Waals surface area (Å²) in [6.45, 7) is 0.0838. The molecule has 108 valence electrons. The highest BCUT2D eigenvalue weighted by Crippen LogP contribution is 2.15. The molecule has 3 aromatic rings. The normalized spacial score (nSPS) is 11.6. The van der Waals surface area contributed by atoms with E-state index in [2.05, 4.69) is 20.0 Å². The minimum atomic E-state index is -3.49. The molecule has 0 aliphatic carbocycles. The summed E-state index contributed by atoms with van der Waals surface area (Å²) in [7, 11) is -3.49. The minimum Gasteiger partial charge on any atom is -0.262 e. The lowest BCUT2D eigenvalue weighted by atomic mass is 10.4. The van der Waals surface area contributed by atoms with Crippen LogP contribution in [0.5, 0.6) is 0 Å². The van der Waals surface area contributed by atoms with E-state index in [0.29, 0.717) is 5.69 Å². The molecule has 0 fully saturated rings. The molecule has 0 saturated heterocycles. The van der Waals surface area contributed by atoms with Crippen LogP contribution in [0.25, 0.3) is 5.69 Å². The number of sulfonamides is 1. The van der Waals surface area contributed by atoms with Crippen LogP contribution in [0, 0.1) is 0 Å². The third-order valence-corrected chi connectivity index (χ3v) is 5.45. The van der Waals surface area contributed by atoms with E-state index in [-0.39, 0.29) is 10.8 Å². The maximum atomic E-state index is 12.0. The van der Waals surface area contributed by atoms with E-state index in [1.54, 1.807) is 46.9 Å². The zero-order valence-corrected chi connectivity index (χ0v) is 12.4. The van der Waals surface area contributed by atoms with Crippen LogP contribution >= 0.6 is 11.3 Å². The Morgan fingerprint density at radius 2 is 2.19 bits per heavy atom. The lowest BCUT2D eigenvalue weighted by Gasteiger charge is -2.01. The van der Waals surface area contributed by atoms with Gasteiger partial charge in [0.25, 0.3) is 0 Å². The Kier molecular flexibility index (Phi) is 3.78. The zero-order valence-electron chi connectivity index (χ0n) is 10.7. The molecule has 0 bridgehead atoms. The molecule has 7 nitrogen and oxygen atoms in total. The smallest absolute Gasteiger partial charge is 0.250 e. The largest absolute Gasteiger partial charge is 0.262 e. The van der Waals surface area contributed by atoms with Crippen LogP contribution in [0.15, 0.2) is 52.4 Å². The Labute approximate surface area is 125 Å². The van der Waals surface area contributed by atoms with E-state index in [1.807, 2.05) is 6.07 Å². The Morgan fingerprint density at radius 1 is 1.29 bits per heavy atom. The molecule has 0 aromatic carbocycles. The van der Waals surface area contributed by atoms with Gasteiger partial charge in [-0.2, -0.15) is 0 Å². The SMILES string of the molecule is O=S(=O)(NCc1cn(-c2cccnc2)nn1)c1cccs1. The fourth-order valence-corrected chi connectivity index (χ4v) is 3.69. The molecule has 0 spiro atoms. The number of nitrogens with one attached hydrogen (secondary N) is 1. The summed E-state index contributed by atoms with van der Waals surface area (Å²) in [6.07, 6.45) is 4.97. The fourth-order valence-electron chi connectivity index (χ4n) is 1.65. The fraction of sp³-hybridized carbons (Fsp3) is 0.0833. The predicted molar refractivity (Wildman–Crippen MR) is 77.5 cm³/mol. The van der Waals surface area contributed by atoms with Gasteiger partial charge in [0.2, 0.25) is 10.0 Å². The highest BCUT2D eigenvalue weighted by atomic mass is 32.2. The predicted octanol–water partition coefficient (Wildman–Crippen LogP) is 1.20. The van der Waals surface area contributed by atoms with E-state index in [4.69, 9.17) is 0 Å². The van der Waals surface area contributed by atoms with Crippen molar-refractivity contribution in [3.05, 3.63) is 53.9 Å². The molecule has 0 aliphatic heterocycles. The number of thiophene rings is 1. The second-order valence-electron chi connectivity index (χ2n) is 4.12. The number of hydrogen-bond donors (Lipinski definition) is 1. The molecule has 0 atom stereocenters. The van der Waals surface area contributed by atoms with Crippen LogP contribution < -0.4 is 4.72 Å². The lowest BCUT2D eigenvalue weighted by molar-refractivity contribution is 0.582. The van der Waals surface area contributed by atoms with Gasteiger partial charge in [0.15, 0.2) is 0 Å². The van der Waals surface area contributed by atoms with Gasteiger partial charge in [-0.15, -0.1) is 16.4 Å². The molecule has 1 N–H and O–H groups in total. The summed E-state index contributed by atoms with van der Waals surface area (Å²) in [5.74, 6) is 0. The Morgan fingerprint density at radius 3 is 2.90 bits per heavy atom. The van der Waals surface area contributed by atoms with E-state index >= 15 is 0 Å². The Balaban J connectivity index is 1.71. The average molecular weight is 321 g/mol. The van der Waals surface area contributed by atoms with Crippen LogP contribution in [-0.2, 0) is 16.6 Å². The highest BCUT2D eigenvalue weighted by molar-refractivity contribution is 7.91. The number of rotatable bonds is 5. The van der Waals surface area contributed by atoms with Gasteiger partial charge >= 0.3 is 0 Å². The summed E-state index contributed by atoms with van der Waals surface area (Å²) in [6, 6.07) is 6.87. The first-order valence-electron chi connectivity index (χ1n) is 6.00. The van der Waals surface area contributed by atoms with Gasteiger partial charge < -0.3 is 0 Å². The van der Waals surface area contributed by atoms with Crippen molar-refractivity contribution >= 4 is 21.4 Å². The third-order valence-electron chi connectivity index (χ3n) is 2.65. The molecule has 9 heteroatoms. The van der Waals surface area contributed by atoms with Gasteiger partial charge in [-0.25, -0.2) is 17.8 Å². The number of pyridine rings is 1. The Hall–Kier alpha value is -2.10. The van der Waals surface area contributed by atoms with Crippen LogP contribution in [-0.4, -0.2) is 28.4 Å². The minimum absolute atomic E-state index is 0.0838. The Bertz CT molecular complexity index is 812. The quantitative estimate of drug-likeness (QED) is 0.762. The molecule has 0 unspecified atom stereocenters. The molecular formula is C12H11N5O2S2. The number of aromatic nitrogens is 4. The molecule has 3 rings (SSSR count). The molecule has 0 aliphatic rings. The van der Waals surface area contributed by atoms with Crippen LogP contribution in [0.4, 0.5) is 0 Å². The van der Waals surface area contributed by atoms with E-state index in [0.717, 1.165) is 5.69 Å². The maximum absolute atomic E-state index is 12.0. The lowest BCUT2D eigenvalue weighted by Crippen LogP contribution is -2.22. The summed E-state index contributed by atoms with van der Waals surface area (Å²) >= 11 is 1.17. The van der Waals surface area contributed by atoms with Gasteiger partial charge in [0.05, 0.1) is 30.3 Å². The first-order chi connectivity index (χ1) is 10.1. The first kappa shape index (κ1) is 13.9. The van der Waals surface area contributed by atoms with Gasteiger partial charge in [0, 0.05) is 6.20 Å². The summed E-state index contributed by atoms with van der Waals surface area (Å²) < 4.78 is 28.3. The summed E-state index contributed by atoms with van der Waals surface area (Å²) in [4.78, 5) is 3.99. The molecule has 3 heterocycles. The van der Waals surface area contributed by atoms with Crippen molar-refractivity contribution in [1.29, 1.82) is 0 Å². The van der Waals surface area contributed by atoms with Crippen molar-refractivity contribution in [1.82, 2.24) is 24.7 Å². The van der Waals surface area contributed by atoms with E-state index in [9.17, 15) is 8.42 Å². The second kappa shape index (κ2) is 5.72. The number of hydrogen-bond acceptors (Lipinski definition) is 6. The molecule has 0 radical (unpaired) electrons. The van der Waals surface area contributed by atoms with Crippen molar-refractivity contribution in [3.8, 4) is 5.69 Å². The molecule has 3 aromatic heterocycles. The van der Waals surface area contributed by atoms with Crippen molar-refractivity contribution in [3.63, 3.8) is 0 Å². The summed E-state index contributed by atoms with van der Waals surface area (Å²) in [5, 5.41) is 9.60. The van der Waals surface area contributed by atoms with E-state index in [1.165, 1.54) is 11.3 Å². The van der Waals surface area contributed by atoms with Crippen molar-refractivity contribution in [2.75, 3.05) is 0 Å². The molecule has 21 heavy (non-hydrogen) atoms. The van der Waals surface area contributed by atoms with Crippen molar-refractivity contribution < 1.29 is 8.42 Å². The summed E-state index contributed by atoms with van der Waals surface area (Å²) in [5.41, 5.74) is 1.29. The molecule has 0 saturated carbocycles. The maximum Gasteiger partial charge on any atom is 0.250 e. The topological polar surface area (TPSA) is 89.8 Å². The van der Waals surface area contributed by atoms with Gasteiger partial charge in [-0.3, -0.25) is 4.98 Å². The van der Waals surface area contributed by atoms with Crippen molar-refractivity contribution in [2.45, 2.75) is 10.8 Å².